The van der Waals surface area contributed by atoms with E-state index in [9.17, 15) is 0 Å². The van der Waals surface area contributed by atoms with Crippen LogP contribution in [0.5, 0.6) is 0 Å². The molecule has 52 heavy (non-hydrogen) atoms. The molecule has 4 heteroatoms. The predicted octanol–water partition coefficient (Wildman–Crippen LogP) is 12.6. The van der Waals surface area contributed by atoms with Crippen molar-refractivity contribution < 1.29 is 0 Å². The SMILES string of the molecule is Cc1ccccc1-c1c(S)ccc2c1-c1ccc3c(c1C2(C)C)c1ccccc1n3-c1ccc(-c2nc(-c3ccccc3)c3ccccc3n2)cc1. The minimum atomic E-state index is -0.216. The van der Waals surface area contributed by atoms with Crippen molar-refractivity contribution >= 4 is 45.3 Å². The van der Waals surface area contributed by atoms with Gasteiger partial charge in [-0.25, -0.2) is 9.97 Å². The summed E-state index contributed by atoms with van der Waals surface area (Å²) in [6, 6.07) is 54.0. The van der Waals surface area contributed by atoms with Crippen LogP contribution < -0.4 is 0 Å². The van der Waals surface area contributed by atoms with E-state index in [1.165, 1.54) is 60.8 Å². The third-order valence-electron chi connectivity index (χ3n) is 11.0. The third-order valence-corrected chi connectivity index (χ3v) is 11.4. The standard InChI is InChI=1S/C48H35N3S/c1-29-13-7-8-16-33(29)44-41(52)28-26-37-42(44)36-25-27-40-43(45(36)48(37,2)3)35-18-10-12-20-39(35)51(40)32-23-21-31(22-24-32)47-49-38-19-11-9-17-34(38)46(50-47)30-14-5-4-6-15-30/h4-28,52H,1-3H3. The second kappa shape index (κ2) is 11.5. The number of benzene rings is 7. The van der Waals surface area contributed by atoms with Gasteiger partial charge in [-0.1, -0.05) is 117 Å². The van der Waals surface area contributed by atoms with Crippen LogP contribution in [0.15, 0.2) is 157 Å². The molecule has 1 aliphatic rings. The summed E-state index contributed by atoms with van der Waals surface area (Å²) in [5.41, 5.74) is 16.2. The lowest BCUT2D eigenvalue weighted by Crippen LogP contribution is -2.15. The highest BCUT2D eigenvalue weighted by atomic mass is 32.1. The van der Waals surface area contributed by atoms with Crippen molar-refractivity contribution in [1.29, 1.82) is 0 Å². The number of thiol groups is 1. The number of hydrogen-bond acceptors (Lipinski definition) is 3. The van der Waals surface area contributed by atoms with Gasteiger partial charge < -0.3 is 4.57 Å². The summed E-state index contributed by atoms with van der Waals surface area (Å²) < 4.78 is 2.41. The van der Waals surface area contributed by atoms with Crippen molar-refractivity contribution in [3.05, 3.63) is 168 Å². The van der Waals surface area contributed by atoms with Crippen LogP contribution >= 0.6 is 12.6 Å². The zero-order valence-electron chi connectivity index (χ0n) is 29.2. The van der Waals surface area contributed by atoms with Crippen molar-refractivity contribution in [2.24, 2.45) is 0 Å². The second-order valence-electron chi connectivity index (χ2n) is 14.4. The highest BCUT2D eigenvalue weighted by molar-refractivity contribution is 7.80. The molecule has 0 amide bonds. The molecule has 0 radical (unpaired) electrons. The second-order valence-corrected chi connectivity index (χ2v) is 14.9. The fourth-order valence-corrected chi connectivity index (χ4v) is 8.94. The minimum Gasteiger partial charge on any atom is -0.309 e. The Morgan fingerprint density at radius 2 is 1.27 bits per heavy atom. The van der Waals surface area contributed by atoms with E-state index in [0.29, 0.717) is 0 Å². The molecule has 9 aromatic rings. The zero-order chi connectivity index (χ0) is 35.1. The Morgan fingerprint density at radius 3 is 2.08 bits per heavy atom. The first-order valence-electron chi connectivity index (χ1n) is 17.8. The fourth-order valence-electron chi connectivity index (χ4n) is 8.63. The maximum absolute atomic E-state index is 5.13. The first-order valence-corrected chi connectivity index (χ1v) is 18.3. The first-order chi connectivity index (χ1) is 25.4. The summed E-state index contributed by atoms with van der Waals surface area (Å²) in [6.07, 6.45) is 0. The van der Waals surface area contributed by atoms with Crippen LogP contribution in [0, 0.1) is 6.92 Å². The van der Waals surface area contributed by atoms with Gasteiger partial charge in [-0.05, 0) is 88.8 Å². The number of hydrogen-bond donors (Lipinski definition) is 1. The monoisotopic (exact) mass is 685 g/mol. The van der Waals surface area contributed by atoms with Crippen LogP contribution in [0.2, 0.25) is 0 Å². The Morgan fingerprint density at radius 1 is 0.558 bits per heavy atom. The topological polar surface area (TPSA) is 30.7 Å². The summed E-state index contributed by atoms with van der Waals surface area (Å²) >= 11 is 5.05. The molecule has 0 bridgehead atoms. The Bertz CT molecular complexity index is 2880. The molecule has 7 aromatic carbocycles. The van der Waals surface area contributed by atoms with Crippen LogP contribution in [-0.2, 0) is 5.41 Å². The molecule has 2 aromatic heterocycles. The van der Waals surface area contributed by atoms with E-state index in [-0.39, 0.29) is 5.41 Å². The normalized spacial score (nSPS) is 13.2. The van der Waals surface area contributed by atoms with E-state index in [1.54, 1.807) is 0 Å². The van der Waals surface area contributed by atoms with E-state index in [1.807, 2.05) is 18.2 Å². The van der Waals surface area contributed by atoms with E-state index in [0.717, 1.165) is 44.1 Å². The molecule has 3 nitrogen and oxygen atoms in total. The molecule has 0 saturated carbocycles. The Hall–Kier alpha value is -5.97. The Kier molecular flexibility index (Phi) is 6.83. The van der Waals surface area contributed by atoms with E-state index >= 15 is 0 Å². The quantitative estimate of drug-likeness (QED) is 0.187. The lowest BCUT2D eigenvalue weighted by Gasteiger charge is -2.23. The van der Waals surface area contributed by atoms with Gasteiger partial charge in [0.05, 0.1) is 22.2 Å². The molecular formula is C48H35N3S. The van der Waals surface area contributed by atoms with Gasteiger partial charge in [-0.3, -0.25) is 0 Å². The van der Waals surface area contributed by atoms with Gasteiger partial charge in [0.15, 0.2) is 5.82 Å². The van der Waals surface area contributed by atoms with Crippen LogP contribution in [0.3, 0.4) is 0 Å². The van der Waals surface area contributed by atoms with Gasteiger partial charge in [0.1, 0.15) is 0 Å². The maximum atomic E-state index is 5.13. The molecule has 0 spiro atoms. The molecule has 0 fully saturated rings. The summed E-state index contributed by atoms with van der Waals surface area (Å²) in [7, 11) is 0. The Balaban J connectivity index is 1.16. The highest BCUT2D eigenvalue weighted by Crippen LogP contribution is 2.57. The number of aryl methyl sites for hydroxylation is 1. The molecule has 0 unspecified atom stereocenters. The van der Waals surface area contributed by atoms with Gasteiger partial charge in [0.25, 0.3) is 0 Å². The maximum Gasteiger partial charge on any atom is 0.160 e. The van der Waals surface area contributed by atoms with Crippen molar-refractivity contribution in [1.82, 2.24) is 14.5 Å². The van der Waals surface area contributed by atoms with E-state index < -0.39 is 0 Å². The summed E-state index contributed by atoms with van der Waals surface area (Å²) in [6.45, 7) is 6.95. The van der Waals surface area contributed by atoms with E-state index in [2.05, 4.69) is 159 Å². The number of aromatic nitrogens is 3. The first kappa shape index (κ1) is 30.8. The predicted molar refractivity (Wildman–Crippen MR) is 220 cm³/mol. The van der Waals surface area contributed by atoms with Crippen LogP contribution in [0.1, 0.15) is 30.5 Å². The molecule has 248 valence electrons. The highest BCUT2D eigenvalue weighted by Gasteiger charge is 2.40. The number of fused-ring (bicyclic) bond motifs is 8. The summed E-state index contributed by atoms with van der Waals surface area (Å²) in [5.74, 6) is 0.719. The molecule has 0 aliphatic heterocycles. The van der Waals surface area contributed by atoms with Crippen LogP contribution in [0.4, 0.5) is 0 Å². The third kappa shape index (κ3) is 4.47. The molecule has 0 N–H and O–H groups in total. The summed E-state index contributed by atoms with van der Waals surface area (Å²) in [4.78, 5) is 11.1. The molecule has 0 atom stereocenters. The van der Waals surface area contributed by atoms with Crippen LogP contribution in [0.25, 0.3) is 83.3 Å². The molecule has 2 heterocycles. The molecule has 10 rings (SSSR count). The van der Waals surface area contributed by atoms with Crippen molar-refractivity contribution in [3.63, 3.8) is 0 Å². The van der Waals surface area contributed by atoms with Gasteiger partial charge >= 0.3 is 0 Å². The van der Waals surface area contributed by atoms with Crippen molar-refractivity contribution in [3.8, 4) is 50.6 Å². The van der Waals surface area contributed by atoms with Gasteiger partial charge in [0.2, 0.25) is 0 Å². The molecular weight excluding hydrogens is 651 g/mol. The van der Waals surface area contributed by atoms with Gasteiger partial charge in [-0.15, -0.1) is 12.6 Å². The number of rotatable bonds is 4. The van der Waals surface area contributed by atoms with Gasteiger partial charge in [0, 0.05) is 48.8 Å². The number of para-hydroxylation sites is 2. The minimum absolute atomic E-state index is 0.216. The lowest BCUT2D eigenvalue weighted by atomic mass is 9.80. The van der Waals surface area contributed by atoms with E-state index in [4.69, 9.17) is 22.6 Å². The largest absolute Gasteiger partial charge is 0.309 e. The summed E-state index contributed by atoms with van der Waals surface area (Å²) in [5, 5.41) is 3.61. The molecule has 1 aliphatic carbocycles. The zero-order valence-corrected chi connectivity index (χ0v) is 30.1. The lowest BCUT2D eigenvalue weighted by molar-refractivity contribution is 0.666. The smallest absolute Gasteiger partial charge is 0.160 e. The Labute approximate surface area is 308 Å². The van der Waals surface area contributed by atoms with Crippen LogP contribution in [-0.4, -0.2) is 14.5 Å². The van der Waals surface area contributed by atoms with Crippen molar-refractivity contribution in [2.75, 3.05) is 0 Å². The average molecular weight is 686 g/mol. The average Bonchev–Trinajstić information content (AvgIpc) is 3.63. The van der Waals surface area contributed by atoms with Crippen molar-refractivity contribution in [2.45, 2.75) is 31.1 Å². The van der Waals surface area contributed by atoms with Gasteiger partial charge in [-0.2, -0.15) is 0 Å². The number of nitrogens with zero attached hydrogens (tertiary/aromatic N) is 3. The molecule has 0 saturated heterocycles. The fraction of sp³-hybridized carbons (Fsp3) is 0.0833.